The molecule has 0 amide bonds. The Morgan fingerprint density at radius 1 is 1.47 bits per heavy atom. The fourth-order valence-electron chi connectivity index (χ4n) is 2.07. The molecule has 0 atom stereocenters. The van der Waals surface area contributed by atoms with Crippen molar-refractivity contribution in [3.05, 3.63) is 32.9 Å². The number of fused-ring (bicyclic) bond motifs is 1. The standard InChI is InChI=1S/C13H16N4O2/c1-4-9-11(7-19-5-2)15-12-10(6-14)8(3)16-17(12)13(9)18/h16H,4-5,7H2,1-3H3. The monoisotopic (exact) mass is 260 g/mol. The molecule has 0 spiro atoms. The molecule has 2 rings (SSSR count). The van der Waals surface area contributed by atoms with Gasteiger partial charge in [0.2, 0.25) is 0 Å². The minimum Gasteiger partial charge on any atom is -0.375 e. The molecule has 0 aliphatic rings. The second-order valence-electron chi connectivity index (χ2n) is 4.22. The molecular formula is C13H16N4O2. The highest BCUT2D eigenvalue weighted by atomic mass is 16.5. The number of hydrogen-bond acceptors (Lipinski definition) is 4. The molecule has 0 aliphatic carbocycles. The van der Waals surface area contributed by atoms with Gasteiger partial charge in [-0.3, -0.25) is 9.89 Å². The van der Waals surface area contributed by atoms with Crippen LogP contribution < -0.4 is 5.56 Å². The third-order valence-electron chi connectivity index (χ3n) is 3.05. The van der Waals surface area contributed by atoms with Crippen molar-refractivity contribution in [1.82, 2.24) is 14.6 Å². The van der Waals surface area contributed by atoms with Gasteiger partial charge < -0.3 is 4.74 Å². The molecule has 100 valence electrons. The van der Waals surface area contributed by atoms with Gasteiger partial charge in [0.25, 0.3) is 5.56 Å². The van der Waals surface area contributed by atoms with E-state index in [0.29, 0.717) is 47.8 Å². The molecule has 0 radical (unpaired) electrons. The molecule has 0 unspecified atom stereocenters. The molecule has 0 fully saturated rings. The second kappa shape index (κ2) is 5.24. The van der Waals surface area contributed by atoms with Crippen molar-refractivity contribution in [3.63, 3.8) is 0 Å². The third kappa shape index (κ3) is 2.13. The van der Waals surface area contributed by atoms with Crippen LogP contribution in [0.1, 0.15) is 36.4 Å². The van der Waals surface area contributed by atoms with Crippen LogP contribution in [0.4, 0.5) is 0 Å². The summed E-state index contributed by atoms with van der Waals surface area (Å²) in [5.41, 5.74) is 2.49. The molecule has 1 N–H and O–H groups in total. The van der Waals surface area contributed by atoms with Gasteiger partial charge >= 0.3 is 0 Å². The number of H-pyrrole nitrogens is 1. The Morgan fingerprint density at radius 2 is 2.21 bits per heavy atom. The Balaban J connectivity index is 2.75. The first-order valence-corrected chi connectivity index (χ1v) is 6.24. The van der Waals surface area contributed by atoms with Gasteiger partial charge in [-0.25, -0.2) is 4.98 Å². The van der Waals surface area contributed by atoms with Crippen LogP contribution >= 0.6 is 0 Å². The zero-order chi connectivity index (χ0) is 14.0. The van der Waals surface area contributed by atoms with Crippen LogP contribution in [0, 0.1) is 18.3 Å². The number of rotatable bonds is 4. The lowest BCUT2D eigenvalue weighted by Gasteiger charge is -2.07. The molecule has 0 aliphatic heterocycles. The number of nitrogens with one attached hydrogen (secondary N) is 1. The minimum absolute atomic E-state index is 0.160. The summed E-state index contributed by atoms with van der Waals surface area (Å²) in [6.45, 7) is 6.39. The fourth-order valence-corrected chi connectivity index (χ4v) is 2.07. The van der Waals surface area contributed by atoms with Gasteiger partial charge in [0.1, 0.15) is 11.6 Å². The largest absolute Gasteiger partial charge is 0.375 e. The topological polar surface area (TPSA) is 83.2 Å². The number of aromatic nitrogens is 3. The van der Waals surface area contributed by atoms with Crippen molar-refractivity contribution >= 4 is 5.65 Å². The number of aryl methyl sites for hydroxylation is 1. The molecule has 2 heterocycles. The smallest absolute Gasteiger partial charge is 0.276 e. The van der Waals surface area contributed by atoms with Crippen LogP contribution in [0.5, 0.6) is 0 Å². The van der Waals surface area contributed by atoms with E-state index >= 15 is 0 Å². The van der Waals surface area contributed by atoms with Crippen molar-refractivity contribution < 1.29 is 4.74 Å². The van der Waals surface area contributed by atoms with Gasteiger partial charge in [-0.2, -0.15) is 9.78 Å². The van der Waals surface area contributed by atoms with E-state index in [1.54, 1.807) is 6.92 Å². The van der Waals surface area contributed by atoms with E-state index in [4.69, 9.17) is 10.00 Å². The van der Waals surface area contributed by atoms with Crippen LogP contribution in [0.25, 0.3) is 5.65 Å². The minimum atomic E-state index is -0.160. The zero-order valence-corrected chi connectivity index (χ0v) is 11.3. The maximum atomic E-state index is 12.4. The highest BCUT2D eigenvalue weighted by Crippen LogP contribution is 2.13. The van der Waals surface area contributed by atoms with Crippen LogP contribution in [-0.4, -0.2) is 21.2 Å². The molecule has 19 heavy (non-hydrogen) atoms. The van der Waals surface area contributed by atoms with Gasteiger partial charge in [0.05, 0.1) is 18.0 Å². The van der Waals surface area contributed by atoms with Crippen molar-refractivity contribution in [3.8, 4) is 6.07 Å². The average molecular weight is 260 g/mol. The molecule has 0 saturated heterocycles. The summed E-state index contributed by atoms with van der Waals surface area (Å²) in [7, 11) is 0. The fraction of sp³-hybridized carbons (Fsp3) is 0.462. The number of nitriles is 1. The van der Waals surface area contributed by atoms with Crippen LogP contribution in [0.15, 0.2) is 4.79 Å². The van der Waals surface area contributed by atoms with E-state index in [9.17, 15) is 4.79 Å². The van der Waals surface area contributed by atoms with E-state index < -0.39 is 0 Å². The number of ether oxygens (including phenoxy) is 1. The molecule has 0 saturated carbocycles. The first kappa shape index (κ1) is 13.3. The first-order chi connectivity index (χ1) is 9.13. The van der Waals surface area contributed by atoms with E-state index in [1.165, 1.54) is 4.52 Å². The molecule has 0 aromatic carbocycles. The van der Waals surface area contributed by atoms with Gasteiger partial charge in [-0.15, -0.1) is 0 Å². The molecule has 0 bridgehead atoms. The summed E-state index contributed by atoms with van der Waals surface area (Å²) in [4.78, 5) is 16.8. The van der Waals surface area contributed by atoms with Gasteiger partial charge in [-0.05, 0) is 20.3 Å². The molecule has 6 nitrogen and oxygen atoms in total. The number of hydrogen-bond donors (Lipinski definition) is 1. The number of aromatic amines is 1. The highest BCUT2D eigenvalue weighted by Gasteiger charge is 2.16. The third-order valence-corrected chi connectivity index (χ3v) is 3.05. The molecule has 2 aromatic rings. The summed E-state index contributed by atoms with van der Waals surface area (Å²) in [5.74, 6) is 0. The van der Waals surface area contributed by atoms with Gasteiger partial charge in [-0.1, -0.05) is 6.92 Å². The summed E-state index contributed by atoms with van der Waals surface area (Å²) < 4.78 is 6.68. The zero-order valence-electron chi connectivity index (χ0n) is 11.3. The van der Waals surface area contributed by atoms with Crippen LogP contribution in [0.2, 0.25) is 0 Å². The van der Waals surface area contributed by atoms with E-state index in [1.807, 2.05) is 13.8 Å². The molecular weight excluding hydrogens is 244 g/mol. The Hall–Kier alpha value is -2.13. The van der Waals surface area contributed by atoms with E-state index in [-0.39, 0.29) is 5.56 Å². The summed E-state index contributed by atoms with van der Waals surface area (Å²) >= 11 is 0. The predicted molar refractivity (Wildman–Crippen MR) is 70.0 cm³/mol. The summed E-state index contributed by atoms with van der Waals surface area (Å²) in [5, 5.41) is 12.0. The Labute approximate surface area is 110 Å². The van der Waals surface area contributed by atoms with Crippen LogP contribution in [0.3, 0.4) is 0 Å². The quantitative estimate of drug-likeness (QED) is 0.898. The highest BCUT2D eigenvalue weighted by molar-refractivity contribution is 5.57. The summed E-state index contributed by atoms with van der Waals surface area (Å²) in [6.07, 6.45) is 0.580. The SMILES string of the molecule is CCOCc1nc2c(C#N)c(C)[nH]n2c(=O)c1CC. The second-order valence-corrected chi connectivity index (χ2v) is 4.22. The average Bonchev–Trinajstić information content (AvgIpc) is 2.72. The Morgan fingerprint density at radius 3 is 2.79 bits per heavy atom. The lowest BCUT2D eigenvalue weighted by Crippen LogP contribution is -2.23. The van der Waals surface area contributed by atoms with Crippen molar-refractivity contribution in [2.75, 3.05) is 6.61 Å². The van der Waals surface area contributed by atoms with Gasteiger partial charge in [0.15, 0.2) is 5.65 Å². The van der Waals surface area contributed by atoms with E-state index in [2.05, 4.69) is 16.2 Å². The lowest BCUT2D eigenvalue weighted by molar-refractivity contribution is 0.130. The van der Waals surface area contributed by atoms with Crippen LogP contribution in [-0.2, 0) is 17.8 Å². The summed E-state index contributed by atoms with van der Waals surface area (Å²) in [6, 6.07) is 2.07. The van der Waals surface area contributed by atoms with Crippen molar-refractivity contribution in [1.29, 1.82) is 5.26 Å². The number of nitrogens with zero attached hydrogens (tertiary/aromatic N) is 3. The Kier molecular flexibility index (Phi) is 3.67. The molecule has 6 heteroatoms. The van der Waals surface area contributed by atoms with Crippen molar-refractivity contribution in [2.24, 2.45) is 0 Å². The first-order valence-electron chi connectivity index (χ1n) is 6.24. The molecule has 2 aromatic heterocycles. The lowest BCUT2D eigenvalue weighted by atomic mass is 10.2. The van der Waals surface area contributed by atoms with E-state index in [0.717, 1.165) is 0 Å². The maximum absolute atomic E-state index is 12.4. The van der Waals surface area contributed by atoms with Crippen molar-refractivity contribution in [2.45, 2.75) is 33.8 Å². The Bertz CT molecular complexity index is 706. The normalized spacial score (nSPS) is 10.8. The maximum Gasteiger partial charge on any atom is 0.276 e. The van der Waals surface area contributed by atoms with Gasteiger partial charge in [0, 0.05) is 12.2 Å². The predicted octanol–water partition coefficient (Wildman–Crippen LogP) is 1.30.